The molecule has 1 unspecified atom stereocenters. The molecule has 1 saturated heterocycles. The van der Waals surface area contributed by atoms with Crippen LogP contribution in [0.2, 0.25) is 0 Å². The number of rotatable bonds is 2. The third-order valence-electron chi connectivity index (χ3n) is 3.73. The molecule has 0 aliphatic carbocycles. The molecule has 0 saturated carbocycles. The highest BCUT2D eigenvalue weighted by Gasteiger charge is 2.34. The summed E-state index contributed by atoms with van der Waals surface area (Å²) >= 11 is 0. The van der Waals surface area contributed by atoms with E-state index in [9.17, 15) is 4.39 Å². The van der Waals surface area contributed by atoms with Gasteiger partial charge in [0, 0.05) is 17.8 Å². The summed E-state index contributed by atoms with van der Waals surface area (Å²) in [4.78, 5) is 2.29. The van der Waals surface area contributed by atoms with Crippen LogP contribution in [0.25, 0.3) is 0 Å². The van der Waals surface area contributed by atoms with E-state index < -0.39 is 0 Å². The van der Waals surface area contributed by atoms with E-state index in [0.717, 1.165) is 31.6 Å². The van der Waals surface area contributed by atoms with Gasteiger partial charge in [0.1, 0.15) is 5.82 Å². The van der Waals surface area contributed by atoms with Gasteiger partial charge < -0.3 is 10.6 Å². The maximum absolute atomic E-state index is 13.3. The van der Waals surface area contributed by atoms with Crippen molar-refractivity contribution in [1.82, 2.24) is 0 Å². The van der Waals surface area contributed by atoms with E-state index in [4.69, 9.17) is 5.73 Å². The molecule has 1 aromatic rings. The zero-order valence-corrected chi connectivity index (χ0v) is 10.6. The van der Waals surface area contributed by atoms with Crippen LogP contribution in [-0.4, -0.2) is 18.6 Å². The molecule has 1 aromatic carbocycles. The Balaban J connectivity index is 2.22. The van der Waals surface area contributed by atoms with Crippen molar-refractivity contribution in [3.8, 4) is 0 Å². The molecule has 2 nitrogen and oxygen atoms in total. The maximum atomic E-state index is 13.3. The van der Waals surface area contributed by atoms with Crippen molar-refractivity contribution in [1.29, 1.82) is 0 Å². The molecule has 1 heterocycles. The molecule has 1 fully saturated rings. The average Bonchev–Trinajstić information content (AvgIpc) is 2.27. The molecule has 17 heavy (non-hydrogen) atoms. The molecule has 1 aliphatic rings. The van der Waals surface area contributed by atoms with E-state index in [0.29, 0.717) is 5.92 Å². The summed E-state index contributed by atoms with van der Waals surface area (Å²) in [5, 5.41) is 0. The molecular weight excluding hydrogens is 215 g/mol. The Labute approximate surface area is 103 Å². The van der Waals surface area contributed by atoms with E-state index >= 15 is 0 Å². The Morgan fingerprint density at radius 3 is 2.82 bits per heavy atom. The van der Waals surface area contributed by atoms with Crippen LogP contribution in [0.15, 0.2) is 24.3 Å². The summed E-state index contributed by atoms with van der Waals surface area (Å²) in [6, 6.07) is 6.86. The van der Waals surface area contributed by atoms with Crippen molar-refractivity contribution >= 4 is 5.69 Å². The van der Waals surface area contributed by atoms with E-state index in [2.05, 4.69) is 18.7 Å². The topological polar surface area (TPSA) is 29.3 Å². The lowest BCUT2D eigenvalue weighted by Gasteiger charge is -2.47. The SMILES string of the molecule is CC1(C)CC(CN)CCN1c1cccc(F)c1. The predicted molar refractivity (Wildman–Crippen MR) is 69.6 cm³/mol. The predicted octanol–water partition coefficient (Wildman–Crippen LogP) is 2.78. The third kappa shape index (κ3) is 2.60. The van der Waals surface area contributed by atoms with Gasteiger partial charge in [0.15, 0.2) is 0 Å². The standard InChI is InChI=1S/C14H21FN2/c1-14(2)9-11(10-16)6-7-17(14)13-5-3-4-12(15)8-13/h3-5,8,11H,6-7,9-10,16H2,1-2H3. The molecule has 0 bridgehead atoms. The first-order valence-electron chi connectivity index (χ1n) is 6.26. The lowest BCUT2D eigenvalue weighted by atomic mass is 9.82. The fourth-order valence-corrected chi connectivity index (χ4v) is 2.86. The zero-order valence-electron chi connectivity index (χ0n) is 10.6. The molecule has 2 rings (SSSR count). The monoisotopic (exact) mass is 236 g/mol. The molecular formula is C14H21FN2. The van der Waals surface area contributed by atoms with Crippen LogP contribution in [-0.2, 0) is 0 Å². The van der Waals surface area contributed by atoms with Crippen LogP contribution in [0.3, 0.4) is 0 Å². The fraction of sp³-hybridized carbons (Fsp3) is 0.571. The van der Waals surface area contributed by atoms with Crippen molar-refractivity contribution in [2.45, 2.75) is 32.2 Å². The van der Waals surface area contributed by atoms with Crippen molar-refractivity contribution < 1.29 is 4.39 Å². The number of nitrogens with zero attached hydrogens (tertiary/aromatic N) is 1. The number of nitrogens with two attached hydrogens (primary N) is 1. The highest BCUT2D eigenvalue weighted by molar-refractivity contribution is 5.49. The Morgan fingerprint density at radius 2 is 2.24 bits per heavy atom. The number of piperidine rings is 1. The molecule has 1 atom stereocenters. The molecule has 2 N–H and O–H groups in total. The van der Waals surface area contributed by atoms with Crippen molar-refractivity contribution in [3.63, 3.8) is 0 Å². The first kappa shape index (κ1) is 12.4. The van der Waals surface area contributed by atoms with Crippen molar-refractivity contribution in [3.05, 3.63) is 30.1 Å². The minimum absolute atomic E-state index is 0.0517. The summed E-state index contributed by atoms with van der Waals surface area (Å²) in [6.07, 6.45) is 2.16. The van der Waals surface area contributed by atoms with Crippen molar-refractivity contribution in [2.24, 2.45) is 11.7 Å². The summed E-state index contributed by atoms with van der Waals surface area (Å²) in [5.74, 6) is 0.425. The van der Waals surface area contributed by atoms with Gasteiger partial charge in [0.2, 0.25) is 0 Å². The number of anilines is 1. The van der Waals surface area contributed by atoms with Crippen LogP contribution >= 0.6 is 0 Å². The van der Waals surface area contributed by atoms with Gasteiger partial charge in [-0.2, -0.15) is 0 Å². The lowest BCUT2D eigenvalue weighted by molar-refractivity contribution is 0.279. The summed E-state index contributed by atoms with van der Waals surface area (Å²) < 4.78 is 13.3. The van der Waals surface area contributed by atoms with E-state index in [1.165, 1.54) is 6.07 Å². The fourth-order valence-electron chi connectivity index (χ4n) is 2.86. The first-order chi connectivity index (χ1) is 8.03. The van der Waals surface area contributed by atoms with Gasteiger partial charge >= 0.3 is 0 Å². The number of benzene rings is 1. The second kappa shape index (κ2) is 4.65. The van der Waals surface area contributed by atoms with Gasteiger partial charge in [-0.25, -0.2) is 4.39 Å². The number of hydrogen-bond acceptors (Lipinski definition) is 2. The summed E-state index contributed by atoms with van der Waals surface area (Å²) in [7, 11) is 0. The lowest BCUT2D eigenvalue weighted by Crippen LogP contribution is -2.51. The Morgan fingerprint density at radius 1 is 1.47 bits per heavy atom. The normalized spacial score (nSPS) is 23.8. The molecule has 0 radical (unpaired) electrons. The summed E-state index contributed by atoms with van der Waals surface area (Å²) in [6.45, 7) is 6.12. The Bertz CT molecular complexity index is 390. The molecule has 0 aromatic heterocycles. The van der Waals surface area contributed by atoms with Crippen LogP contribution < -0.4 is 10.6 Å². The van der Waals surface area contributed by atoms with Gasteiger partial charge in [-0.15, -0.1) is 0 Å². The highest BCUT2D eigenvalue weighted by Crippen LogP contribution is 2.35. The number of halogens is 1. The van der Waals surface area contributed by atoms with Crippen molar-refractivity contribution in [2.75, 3.05) is 18.0 Å². The number of hydrogen-bond donors (Lipinski definition) is 1. The van der Waals surface area contributed by atoms with Gasteiger partial charge in [-0.3, -0.25) is 0 Å². The van der Waals surface area contributed by atoms with Gasteiger partial charge in [0.05, 0.1) is 0 Å². The van der Waals surface area contributed by atoms with E-state index in [1.54, 1.807) is 12.1 Å². The Kier molecular flexibility index (Phi) is 3.38. The maximum Gasteiger partial charge on any atom is 0.125 e. The molecule has 1 aliphatic heterocycles. The van der Waals surface area contributed by atoms with Gasteiger partial charge in [-0.1, -0.05) is 6.07 Å². The minimum Gasteiger partial charge on any atom is -0.366 e. The zero-order chi connectivity index (χ0) is 12.5. The third-order valence-corrected chi connectivity index (χ3v) is 3.73. The second-order valence-corrected chi connectivity index (χ2v) is 5.54. The second-order valence-electron chi connectivity index (χ2n) is 5.54. The van der Waals surface area contributed by atoms with Crippen LogP contribution in [0.1, 0.15) is 26.7 Å². The average molecular weight is 236 g/mol. The molecule has 0 spiro atoms. The van der Waals surface area contributed by atoms with Crippen LogP contribution in [0.4, 0.5) is 10.1 Å². The largest absolute Gasteiger partial charge is 0.366 e. The van der Waals surface area contributed by atoms with Crippen LogP contribution in [0, 0.1) is 11.7 Å². The summed E-state index contributed by atoms with van der Waals surface area (Å²) in [5.41, 5.74) is 6.78. The van der Waals surface area contributed by atoms with E-state index in [-0.39, 0.29) is 11.4 Å². The quantitative estimate of drug-likeness (QED) is 0.855. The van der Waals surface area contributed by atoms with E-state index in [1.807, 2.05) is 6.07 Å². The Hall–Kier alpha value is -1.09. The van der Waals surface area contributed by atoms with Gasteiger partial charge in [-0.05, 0) is 57.4 Å². The molecule has 0 amide bonds. The molecule has 3 heteroatoms. The molecule has 94 valence electrons. The minimum atomic E-state index is -0.167. The highest BCUT2D eigenvalue weighted by atomic mass is 19.1. The van der Waals surface area contributed by atoms with Gasteiger partial charge in [0.25, 0.3) is 0 Å². The first-order valence-corrected chi connectivity index (χ1v) is 6.26. The smallest absolute Gasteiger partial charge is 0.125 e. The van der Waals surface area contributed by atoms with Crippen LogP contribution in [0.5, 0.6) is 0 Å².